The van der Waals surface area contributed by atoms with Crippen LogP contribution in [-0.4, -0.2) is 30.4 Å². The van der Waals surface area contributed by atoms with Crippen molar-refractivity contribution in [1.82, 2.24) is 4.98 Å². The molecule has 0 saturated carbocycles. The van der Waals surface area contributed by atoms with Crippen LogP contribution in [0.25, 0.3) is 17.0 Å². The third kappa shape index (κ3) is 5.14. The predicted octanol–water partition coefficient (Wildman–Crippen LogP) is 4.98. The molecule has 4 aromatic rings. The molecule has 34 heavy (non-hydrogen) atoms. The molecule has 7 heteroatoms. The zero-order valence-corrected chi connectivity index (χ0v) is 18.4. The van der Waals surface area contributed by atoms with E-state index in [4.69, 9.17) is 9.47 Å². The van der Waals surface area contributed by atoms with Gasteiger partial charge in [0, 0.05) is 28.4 Å². The molecule has 4 rings (SSSR count). The molecule has 0 aliphatic rings. The summed E-state index contributed by atoms with van der Waals surface area (Å²) < 4.78 is 10.6. The fourth-order valence-electron chi connectivity index (χ4n) is 3.40. The minimum Gasteiger partial charge on any atom is -0.497 e. The number of hydrogen-bond donors (Lipinski definition) is 2. The number of rotatable bonds is 8. The summed E-state index contributed by atoms with van der Waals surface area (Å²) in [6.07, 6.45) is 3.15. The Labute approximate surface area is 196 Å². The van der Waals surface area contributed by atoms with Gasteiger partial charge >= 0.3 is 0 Å². The molecule has 0 spiro atoms. The van der Waals surface area contributed by atoms with Crippen LogP contribution in [0.4, 0.5) is 5.69 Å². The number of aromatic amines is 1. The molecule has 0 saturated heterocycles. The van der Waals surface area contributed by atoms with E-state index in [9.17, 15) is 14.9 Å². The lowest BCUT2D eigenvalue weighted by Crippen LogP contribution is -2.20. The number of fused-ring (bicyclic) bond motifs is 1. The summed E-state index contributed by atoms with van der Waals surface area (Å²) in [5, 5.41) is 13.1. The second-order valence-corrected chi connectivity index (χ2v) is 7.38. The molecule has 0 aliphatic heterocycles. The second kappa shape index (κ2) is 10.2. The minimum atomic E-state index is -0.351. The molecule has 2 N–H and O–H groups in total. The number of carbonyl (C=O) groups is 2. The Morgan fingerprint density at radius 3 is 2.41 bits per heavy atom. The summed E-state index contributed by atoms with van der Waals surface area (Å²) in [5.41, 5.74) is 2.61. The maximum Gasteiger partial charge on any atom is 0.262 e. The lowest BCUT2D eigenvalue weighted by Gasteiger charge is -2.08. The number of carbonyl (C=O) groups excluding carboxylic acids is 2. The number of para-hydroxylation sites is 1. The lowest BCUT2D eigenvalue weighted by atomic mass is 10.0. The number of amides is 1. The second-order valence-electron chi connectivity index (χ2n) is 7.38. The fourth-order valence-corrected chi connectivity index (χ4v) is 3.40. The standard InChI is InChI=1S/C27H21N3O4/c1-33-21-12-8-20(9-13-21)30-26(31)17-34-22-10-6-18(7-11-22)14-19(15-28)27(32)24-16-29-25-5-3-2-4-23(24)25/h2-14,16,29H,17H2,1H3,(H,30,31)/b19-14+. The van der Waals surface area contributed by atoms with Gasteiger partial charge in [0.05, 0.1) is 7.11 Å². The van der Waals surface area contributed by atoms with Crippen molar-refractivity contribution in [2.24, 2.45) is 0 Å². The highest BCUT2D eigenvalue weighted by molar-refractivity contribution is 6.19. The largest absolute Gasteiger partial charge is 0.497 e. The molecular weight excluding hydrogens is 430 g/mol. The van der Waals surface area contributed by atoms with Crippen LogP contribution >= 0.6 is 0 Å². The first-order chi connectivity index (χ1) is 16.6. The van der Waals surface area contributed by atoms with Gasteiger partial charge in [-0.15, -0.1) is 0 Å². The van der Waals surface area contributed by atoms with Crippen LogP contribution in [0, 0.1) is 11.3 Å². The van der Waals surface area contributed by atoms with E-state index in [1.165, 1.54) is 6.08 Å². The SMILES string of the molecule is COc1ccc(NC(=O)COc2ccc(/C=C(\C#N)C(=O)c3c[nH]c4ccccc34)cc2)cc1. The molecular formula is C27H21N3O4. The van der Waals surface area contributed by atoms with Crippen molar-refractivity contribution >= 4 is 34.4 Å². The molecule has 0 fully saturated rings. The fraction of sp³-hybridized carbons (Fsp3) is 0.0741. The van der Waals surface area contributed by atoms with Gasteiger partial charge in [-0.25, -0.2) is 0 Å². The van der Waals surface area contributed by atoms with Gasteiger partial charge in [0.25, 0.3) is 5.91 Å². The van der Waals surface area contributed by atoms with Gasteiger partial charge in [-0.2, -0.15) is 5.26 Å². The molecule has 7 nitrogen and oxygen atoms in total. The Balaban J connectivity index is 1.38. The van der Waals surface area contributed by atoms with Gasteiger partial charge in [-0.1, -0.05) is 30.3 Å². The topological polar surface area (TPSA) is 104 Å². The number of allylic oxidation sites excluding steroid dienone is 1. The molecule has 0 radical (unpaired) electrons. The monoisotopic (exact) mass is 451 g/mol. The molecule has 0 atom stereocenters. The smallest absolute Gasteiger partial charge is 0.262 e. The highest BCUT2D eigenvalue weighted by Crippen LogP contribution is 2.22. The number of H-pyrrole nitrogens is 1. The van der Waals surface area contributed by atoms with E-state index < -0.39 is 0 Å². The third-order valence-corrected chi connectivity index (χ3v) is 5.13. The summed E-state index contributed by atoms with van der Waals surface area (Å²) in [6, 6.07) is 23.2. The zero-order valence-electron chi connectivity index (χ0n) is 18.4. The van der Waals surface area contributed by atoms with Crippen molar-refractivity contribution in [3.8, 4) is 17.6 Å². The minimum absolute atomic E-state index is 0.0253. The summed E-state index contributed by atoms with van der Waals surface area (Å²) in [6.45, 7) is -0.163. The summed E-state index contributed by atoms with van der Waals surface area (Å²) in [4.78, 5) is 28.1. The van der Waals surface area contributed by atoms with Gasteiger partial charge in [-0.05, 0) is 54.1 Å². The van der Waals surface area contributed by atoms with Crippen molar-refractivity contribution in [2.45, 2.75) is 0 Å². The molecule has 1 aromatic heterocycles. The number of methoxy groups -OCH3 is 1. The van der Waals surface area contributed by atoms with Crippen LogP contribution in [0.1, 0.15) is 15.9 Å². The Morgan fingerprint density at radius 1 is 1.00 bits per heavy atom. The molecule has 0 unspecified atom stereocenters. The van der Waals surface area contributed by atoms with Crippen LogP contribution in [0.15, 0.2) is 84.6 Å². The van der Waals surface area contributed by atoms with E-state index in [0.29, 0.717) is 28.3 Å². The summed E-state index contributed by atoms with van der Waals surface area (Å²) >= 11 is 0. The number of ether oxygens (including phenoxy) is 2. The van der Waals surface area contributed by atoms with Crippen molar-refractivity contribution < 1.29 is 19.1 Å². The Kier molecular flexibility index (Phi) is 6.70. The van der Waals surface area contributed by atoms with Crippen LogP contribution in [0.2, 0.25) is 0 Å². The molecule has 1 amide bonds. The molecule has 0 aliphatic carbocycles. The van der Waals surface area contributed by atoms with Gasteiger partial charge in [0.2, 0.25) is 5.78 Å². The van der Waals surface area contributed by atoms with Gasteiger partial charge in [-0.3, -0.25) is 9.59 Å². The van der Waals surface area contributed by atoms with Crippen LogP contribution in [-0.2, 0) is 4.79 Å². The van der Waals surface area contributed by atoms with Crippen LogP contribution < -0.4 is 14.8 Å². The average molecular weight is 451 g/mol. The number of nitrogens with zero attached hydrogens (tertiary/aromatic N) is 1. The number of nitrogens with one attached hydrogen (secondary N) is 2. The number of benzene rings is 3. The van der Waals surface area contributed by atoms with E-state index in [0.717, 1.165) is 10.9 Å². The highest BCUT2D eigenvalue weighted by Gasteiger charge is 2.16. The quantitative estimate of drug-likeness (QED) is 0.223. The van der Waals surface area contributed by atoms with E-state index in [2.05, 4.69) is 10.3 Å². The average Bonchev–Trinajstić information content (AvgIpc) is 3.31. The number of Topliss-reactive ketones (excluding diaryl/α,β-unsaturated/α-hetero) is 1. The number of anilines is 1. The normalized spacial score (nSPS) is 11.0. The third-order valence-electron chi connectivity index (χ3n) is 5.13. The van der Waals surface area contributed by atoms with E-state index in [1.807, 2.05) is 30.3 Å². The zero-order chi connectivity index (χ0) is 23.9. The number of ketones is 1. The maximum atomic E-state index is 12.9. The lowest BCUT2D eigenvalue weighted by molar-refractivity contribution is -0.118. The van der Waals surface area contributed by atoms with Crippen molar-refractivity contribution in [3.63, 3.8) is 0 Å². The van der Waals surface area contributed by atoms with E-state index in [-0.39, 0.29) is 23.9 Å². The summed E-state index contributed by atoms with van der Waals surface area (Å²) in [7, 11) is 1.57. The van der Waals surface area contributed by atoms with E-state index in [1.54, 1.807) is 61.8 Å². The van der Waals surface area contributed by atoms with Gasteiger partial charge in [0.15, 0.2) is 6.61 Å². The Hall–Kier alpha value is -4.83. The number of hydrogen-bond acceptors (Lipinski definition) is 5. The number of aromatic nitrogens is 1. The molecule has 3 aromatic carbocycles. The highest BCUT2D eigenvalue weighted by atomic mass is 16.5. The van der Waals surface area contributed by atoms with Crippen molar-refractivity contribution in [1.29, 1.82) is 5.26 Å². The summed E-state index contributed by atoms with van der Waals surface area (Å²) in [5.74, 6) is 0.537. The Morgan fingerprint density at radius 2 is 1.71 bits per heavy atom. The molecule has 1 heterocycles. The van der Waals surface area contributed by atoms with Gasteiger partial charge < -0.3 is 19.8 Å². The first-order valence-corrected chi connectivity index (χ1v) is 10.5. The maximum absolute atomic E-state index is 12.9. The Bertz CT molecular complexity index is 1390. The molecule has 0 bridgehead atoms. The molecule has 168 valence electrons. The predicted molar refractivity (Wildman–Crippen MR) is 130 cm³/mol. The first kappa shape index (κ1) is 22.4. The number of nitriles is 1. The first-order valence-electron chi connectivity index (χ1n) is 10.5. The van der Waals surface area contributed by atoms with E-state index >= 15 is 0 Å². The van der Waals surface area contributed by atoms with Crippen molar-refractivity contribution in [2.75, 3.05) is 19.0 Å². The van der Waals surface area contributed by atoms with Crippen LogP contribution in [0.5, 0.6) is 11.5 Å². The van der Waals surface area contributed by atoms with Crippen LogP contribution in [0.3, 0.4) is 0 Å². The van der Waals surface area contributed by atoms with Crippen molar-refractivity contribution in [3.05, 3.63) is 95.7 Å². The van der Waals surface area contributed by atoms with Gasteiger partial charge in [0.1, 0.15) is 23.1 Å².